The SMILES string of the molecule is CCN(C)C[C@H](CCOC1=CC=C(CCCC(=O)O)CC=C1)N(C)C=O. The Morgan fingerprint density at radius 2 is 2.15 bits per heavy atom. The number of amides is 1. The van der Waals surface area contributed by atoms with Crippen LogP contribution in [0.2, 0.25) is 0 Å². The van der Waals surface area contributed by atoms with E-state index in [1.54, 1.807) is 11.9 Å². The third-order valence-corrected chi connectivity index (χ3v) is 4.56. The molecule has 0 aromatic heterocycles. The van der Waals surface area contributed by atoms with Crippen LogP contribution in [0.3, 0.4) is 0 Å². The number of carbonyl (C=O) groups excluding carboxylic acids is 1. The van der Waals surface area contributed by atoms with Crippen molar-refractivity contribution in [1.29, 1.82) is 0 Å². The van der Waals surface area contributed by atoms with Gasteiger partial charge in [-0.25, -0.2) is 0 Å². The summed E-state index contributed by atoms with van der Waals surface area (Å²) in [5.41, 5.74) is 1.21. The van der Waals surface area contributed by atoms with E-state index in [1.165, 1.54) is 5.57 Å². The van der Waals surface area contributed by atoms with E-state index in [-0.39, 0.29) is 12.5 Å². The predicted molar refractivity (Wildman–Crippen MR) is 103 cm³/mol. The molecular weight excluding hydrogens is 332 g/mol. The Kier molecular flexibility index (Phi) is 10.4. The third kappa shape index (κ3) is 8.85. The molecule has 26 heavy (non-hydrogen) atoms. The number of nitrogens with zero attached hydrogens (tertiary/aromatic N) is 2. The summed E-state index contributed by atoms with van der Waals surface area (Å²) < 4.78 is 5.87. The molecule has 0 aliphatic heterocycles. The Bertz CT molecular complexity index is 540. The summed E-state index contributed by atoms with van der Waals surface area (Å²) in [6, 6.07) is 0.120. The summed E-state index contributed by atoms with van der Waals surface area (Å²) in [6.07, 6.45) is 12.1. The molecule has 1 aliphatic carbocycles. The van der Waals surface area contributed by atoms with E-state index in [4.69, 9.17) is 9.84 Å². The zero-order valence-electron chi connectivity index (χ0n) is 16.2. The number of ether oxygens (including phenoxy) is 1. The van der Waals surface area contributed by atoms with Gasteiger partial charge in [0.05, 0.1) is 6.61 Å². The smallest absolute Gasteiger partial charge is 0.303 e. The summed E-state index contributed by atoms with van der Waals surface area (Å²) in [5.74, 6) is 0.0486. The van der Waals surface area contributed by atoms with Gasteiger partial charge in [-0.05, 0) is 45.0 Å². The molecule has 146 valence electrons. The Morgan fingerprint density at radius 3 is 2.81 bits per heavy atom. The Morgan fingerprint density at radius 1 is 1.38 bits per heavy atom. The number of rotatable bonds is 13. The first-order chi connectivity index (χ1) is 12.5. The highest BCUT2D eigenvalue weighted by Crippen LogP contribution is 2.18. The fourth-order valence-electron chi connectivity index (χ4n) is 2.71. The maximum Gasteiger partial charge on any atom is 0.303 e. The number of likely N-dealkylation sites (N-methyl/N-ethyl adjacent to an activating group) is 2. The fourth-order valence-corrected chi connectivity index (χ4v) is 2.71. The van der Waals surface area contributed by atoms with Crippen molar-refractivity contribution >= 4 is 12.4 Å². The van der Waals surface area contributed by atoms with Gasteiger partial charge in [0.25, 0.3) is 0 Å². The monoisotopic (exact) mass is 364 g/mol. The summed E-state index contributed by atoms with van der Waals surface area (Å²) >= 11 is 0. The molecule has 0 fully saturated rings. The minimum Gasteiger partial charge on any atom is -0.494 e. The Hall–Kier alpha value is -2.08. The fraction of sp³-hybridized carbons (Fsp3) is 0.600. The average molecular weight is 364 g/mol. The summed E-state index contributed by atoms with van der Waals surface area (Å²) in [6.45, 7) is 4.39. The number of carbonyl (C=O) groups is 2. The number of aliphatic carboxylic acids is 1. The Labute approximate surface area is 156 Å². The van der Waals surface area contributed by atoms with Gasteiger partial charge in [0.2, 0.25) is 6.41 Å². The highest BCUT2D eigenvalue weighted by molar-refractivity contribution is 5.66. The molecule has 0 radical (unpaired) electrons. The highest BCUT2D eigenvalue weighted by Gasteiger charge is 2.15. The molecule has 0 aromatic carbocycles. The van der Waals surface area contributed by atoms with Crippen molar-refractivity contribution in [3.8, 4) is 0 Å². The van der Waals surface area contributed by atoms with Crippen molar-refractivity contribution in [3.63, 3.8) is 0 Å². The van der Waals surface area contributed by atoms with Gasteiger partial charge < -0.3 is 19.6 Å². The van der Waals surface area contributed by atoms with E-state index < -0.39 is 5.97 Å². The van der Waals surface area contributed by atoms with E-state index in [1.807, 2.05) is 31.4 Å². The van der Waals surface area contributed by atoms with Crippen molar-refractivity contribution in [2.75, 3.05) is 33.8 Å². The molecule has 0 heterocycles. The Balaban J connectivity index is 2.49. The molecule has 0 saturated heterocycles. The molecule has 0 spiro atoms. The summed E-state index contributed by atoms with van der Waals surface area (Å²) in [7, 11) is 3.85. The molecule has 0 bridgehead atoms. The molecule has 1 amide bonds. The molecule has 6 heteroatoms. The average Bonchev–Trinajstić information content (AvgIpc) is 2.85. The van der Waals surface area contributed by atoms with Gasteiger partial charge in [-0.15, -0.1) is 0 Å². The first-order valence-corrected chi connectivity index (χ1v) is 9.22. The zero-order valence-corrected chi connectivity index (χ0v) is 16.2. The van der Waals surface area contributed by atoms with Crippen LogP contribution in [0.25, 0.3) is 0 Å². The zero-order chi connectivity index (χ0) is 19.4. The first-order valence-electron chi connectivity index (χ1n) is 9.22. The molecule has 0 saturated carbocycles. The van der Waals surface area contributed by atoms with Gasteiger partial charge >= 0.3 is 5.97 Å². The number of allylic oxidation sites excluding steroid dienone is 5. The molecule has 1 N–H and O–H groups in total. The summed E-state index contributed by atoms with van der Waals surface area (Å²) in [4.78, 5) is 25.6. The van der Waals surface area contributed by atoms with Crippen LogP contribution in [0, 0.1) is 0 Å². The lowest BCUT2D eigenvalue weighted by Gasteiger charge is -2.28. The van der Waals surface area contributed by atoms with Gasteiger partial charge in [-0.3, -0.25) is 9.59 Å². The van der Waals surface area contributed by atoms with Gasteiger partial charge in [-0.2, -0.15) is 0 Å². The van der Waals surface area contributed by atoms with Crippen LogP contribution < -0.4 is 0 Å². The minimum atomic E-state index is -0.752. The molecule has 1 rings (SSSR count). The van der Waals surface area contributed by atoms with Crippen molar-refractivity contribution in [2.24, 2.45) is 0 Å². The number of carboxylic acid groups (broad SMARTS) is 1. The number of hydrogen-bond acceptors (Lipinski definition) is 4. The quantitative estimate of drug-likeness (QED) is 0.509. The van der Waals surface area contributed by atoms with E-state index in [2.05, 4.69) is 11.8 Å². The topological polar surface area (TPSA) is 70.1 Å². The normalized spacial score (nSPS) is 15.1. The van der Waals surface area contributed by atoms with Crippen LogP contribution in [-0.4, -0.2) is 67.1 Å². The standard InChI is InChI=1S/C20H32N2O4/c1-4-21(2)15-18(22(3)16-23)13-14-26-19-9-5-7-17(11-12-19)8-6-10-20(24)25/h5,9,11-12,16,18H,4,6-8,10,13-15H2,1-3H3,(H,24,25)/t18-/m0/s1. The lowest BCUT2D eigenvalue weighted by atomic mass is 10.1. The molecule has 1 aliphatic rings. The van der Waals surface area contributed by atoms with E-state index >= 15 is 0 Å². The van der Waals surface area contributed by atoms with Crippen LogP contribution in [-0.2, 0) is 14.3 Å². The maximum absolute atomic E-state index is 11.1. The molecule has 0 unspecified atom stereocenters. The maximum atomic E-state index is 11.1. The van der Waals surface area contributed by atoms with E-state index in [0.717, 1.165) is 44.5 Å². The number of carboxylic acids is 1. The number of hydrogen-bond donors (Lipinski definition) is 1. The van der Waals surface area contributed by atoms with Crippen molar-refractivity contribution in [2.45, 2.75) is 45.1 Å². The minimum absolute atomic E-state index is 0.120. The second kappa shape index (κ2) is 12.3. The molecule has 6 nitrogen and oxygen atoms in total. The highest BCUT2D eigenvalue weighted by atomic mass is 16.5. The van der Waals surface area contributed by atoms with Gasteiger partial charge in [-0.1, -0.05) is 24.6 Å². The second-order valence-corrected chi connectivity index (χ2v) is 6.66. The van der Waals surface area contributed by atoms with Gasteiger partial charge in [0, 0.05) is 32.5 Å². The van der Waals surface area contributed by atoms with Gasteiger partial charge in [0.15, 0.2) is 0 Å². The van der Waals surface area contributed by atoms with Crippen LogP contribution in [0.1, 0.15) is 39.0 Å². The predicted octanol–water partition coefficient (Wildman–Crippen LogP) is 2.83. The molecule has 0 aromatic rings. The largest absolute Gasteiger partial charge is 0.494 e. The van der Waals surface area contributed by atoms with Crippen molar-refractivity contribution in [3.05, 3.63) is 35.6 Å². The van der Waals surface area contributed by atoms with E-state index in [0.29, 0.717) is 13.0 Å². The second-order valence-electron chi connectivity index (χ2n) is 6.66. The lowest BCUT2D eigenvalue weighted by Crippen LogP contribution is -2.40. The summed E-state index contributed by atoms with van der Waals surface area (Å²) in [5, 5.41) is 8.72. The molecular formula is C20H32N2O4. The molecule has 1 atom stereocenters. The van der Waals surface area contributed by atoms with Crippen molar-refractivity contribution in [1.82, 2.24) is 9.80 Å². The van der Waals surface area contributed by atoms with Crippen molar-refractivity contribution < 1.29 is 19.4 Å². The third-order valence-electron chi connectivity index (χ3n) is 4.56. The van der Waals surface area contributed by atoms with E-state index in [9.17, 15) is 9.59 Å². The van der Waals surface area contributed by atoms with Crippen LogP contribution in [0.5, 0.6) is 0 Å². The van der Waals surface area contributed by atoms with Crippen LogP contribution in [0.15, 0.2) is 35.6 Å². The lowest BCUT2D eigenvalue weighted by molar-refractivity contribution is -0.137. The first kappa shape index (κ1) is 22.0. The van der Waals surface area contributed by atoms with Crippen LogP contribution in [0.4, 0.5) is 0 Å². The van der Waals surface area contributed by atoms with Crippen LogP contribution >= 0.6 is 0 Å². The van der Waals surface area contributed by atoms with Gasteiger partial charge in [0.1, 0.15) is 5.76 Å².